The van der Waals surface area contributed by atoms with E-state index in [2.05, 4.69) is 5.32 Å². The molecule has 0 saturated carbocycles. The largest absolute Gasteiger partial charge is 0.454 e. The van der Waals surface area contributed by atoms with Crippen molar-refractivity contribution >= 4 is 17.4 Å². The first-order valence-corrected chi connectivity index (χ1v) is 8.71. The minimum Gasteiger partial charge on any atom is -0.454 e. The molecule has 0 spiro atoms. The number of benzene rings is 1. The highest BCUT2D eigenvalue weighted by atomic mass is 16.7. The van der Waals surface area contributed by atoms with Crippen LogP contribution in [0.15, 0.2) is 12.1 Å². The molecular weight excluding hydrogens is 308 g/mol. The highest BCUT2D eigenvalue weighted by molar-refractivity contribution is 6.04. The van der Waals surface area contributed by atoms with E-state index in [0.29, 0.717) is 29.3 Å². The van der Waals surface area contributed by atoms with Gasteiger partial charge in [0.25, 0.3) is 5.91 Å². The second-order valence-corrected chi connectivity index (χ2v) is 6.55. The summed E-state index contributed by atoms with van der Waals surface area (Å²) in [6.45, 7) is 4.13. The summed E-state index contributed by atoms with van der Waals surface area (Å²) in [5, 5.41) is 2.89. The topological polar surface area (TPSA) is 69.1 Å². The highest BCUT2D eigenvalue weighted by Crippen LogP contribution is 2.37. The van der Waals surface area contributed by atoms with Gasteiger partial charge in [-0.2, -0.15) is 0 Å². The van der Waals surface area contributed by atoms with Crippen LogP contribution in [0.25, 0.3) is 0 Å². The predicted octanol–water partition coefficient (Wildman–Crippen LogP) is 1.41. The lowest BCUT2D eigenvalue weighted by Crippen LogP contribution is -3.13. The van der Waals surface area contributed by atoms with Crippen LogP contribution in [0.5, 0.6) is 11.5 Å². The summed E-state index contributed by atoms with van der Waals surface area (Å²) >= 11 is 0. The van der Waals surface area contributed by atoms with Gasteiger partial charge < -0.3 is 19.7 Å². The maximum absolute atomic E-state index is 12.4. The van der Waals surface area contributed by atoms with Crippen molar-refractivity contribution in [2.45, 2.75) is 39.0 Å². The van der Waals surface area contributed by atoms with Gasteiger partial charge in [-0.05, 0) is 38.7 Å². The molecule has 0 radical (unpaired) electrons. The fraction of sp³-hybridized carbons (Fsp3) is 0.556. The number of amides is 1. The molecule has 1 fully saturated rings. The summed E-state index contributed by atoms with van der Waals surface area (Å²) in [5.41, 5.74) is 0.957. The molecule has 0 aromatic heterocycles. The number of ether oxygens (including phenoxy) is 2. The Bertz CT molecular complexity index is 622. The molecule has 0 unspecified atom stereocenters. The van der Waals surface area contributed by atoms with Crippen LogP contribution >= 0.6 is 0 Å². The van der Waals surface area contributed by atoms with Gasteiger partial charge in [0.05, 0.1) is 18.8 Å². The van der Waals surface area contributed by atoms with E-state index in [1.165, 1.54) is 43.9 Å². The molecule has 1 aromatic rings. The Morgan fingerprint density at radius 1 is 1.04 bits per heavy atom. The number of Topliss-reactive ketones (excluding diaryl/α,β-unsaturated/α-hetero) is 1. The third-order valence-corrected chi connectivity index (χ3v) is 4.64. The van der Waals surface area contributed by atoms with Crippen molar-refractivity contribution in [2.75, 3.05) is 31.7 Å². The predicted molar refractivity (Wildman–Crippen MR) is 89.8 cm³/mol. The van der Waals surface area contributed by atoms with Gasteiger partial charge in [-0.3, -0.25) is 9.59 Å². The molecule has 2 N–H and O–H groups in total. The molecule has 6 nitrogen and oxygen atoms in total. The standard InChI is InChI=1S/C18H24N2O4/c1-13(21)14-9-16-17(24-12-23-16)10-15(14)19-18(22)11-20-7-5-3-2-4-6-8-20/h9-10H,2-8,11-12H2,1H3,(H,19,22)/p+1. The molecule has 1 aromatic carbocycles. The number of carbonyl (C=O) groups is 2. The number of anilines is 1. The van der Waals surface area contributed by atoms with Crippen molar-refractivity contribution in [3.8, 4) is 11.5 Å². The molecule has 2 aliphatic heterocycles. The van der Waals surface area contributed by atoms with Gasteiger partial charge in [0, 0.05) is 11.6 Å². The average molecular weight is 333 g/mol. The number of carbonyl (C=O) groups excluding carboxylic acids is 2. The van der Waals surface area contributed by atoms with Crippen LogP contribution in [0.3, 0.4) is 0 Å². The summed E-state index contributed by atoms with van der Waals surface area (Å²) in [7, 11) is 0. The van der Waals surface area contributed by atoms with Gasteiger partial charge in [0.15, 0.2) is 23.8 Å². The Kier molecular flexibility index (Phi) is 5.35. The minimum atomic E-state index is -0.109. The lowest BCUT2D eigenvalue weighted by molar-refractivity contribution is -0.892. The first-order valence-electron chi connectivity index (χ1n) is 8.71. The van der Waals surface area contributed by atoms with Crippen LogP contribution < -0.4 is 19.7 Å². The molecule has 6 heteroatoms. The number of likely N-dealkylation sites (tertiary alicyclic amines) is 1. The molecule has 1 saturated heterocycles. The van der Waals surface area contributed by atoms with Crippen LogP contribution in [-0.4, -0.2) is 38.1 Å². The van der Waals surface area contributed by atoms with Crippen LogP contribution in [0.1, 0.15) is 49.4 Å². The molecule has 0 atom stereocenters. The Balaban J connectivity index is 1.68. The SMILES string of the molecule is CC(=O)c1cc2c(cc1NC(=O)C[NH+]1CCCCCCC1)OCO2. The van der Waals surface area contributed by atoms with Crippen LogP contribution in [0.2, 0.25) is 0 Å². The molecule has 0 aliphatic carbocycles. The third kappa shape index (κ3) is 4.06. The molecule has 2 heterocycles. The summed E-state index contributed by atoms with van der Waals surface area (Å²) in [4.78, 5) is 25.6. The number of hydrogen-bond acceptors (Lipinski definition) is 4. The summed E-state index contributed by atoms with van der Waals surface area (Å²) < 4.78 is 10.7. The highest BCUT2D eigenvalue weighted by Gasteiger charge is 2.22. The van der Waals surface area contributed by atoms with Crippen molar-refractivity contribution in [1.82, 2.24) is 0 Å². The maximum Gasteiger partial charge on any atom is 0.279 e. The van der Waals surface area contributed by atoms with Crippen molar-refractivity contribution in [3.63, 3.8) is 0 Å². The molecule has 130 valence electrons. The van der Waals surface area contributed by atoms with E-state index >= 15 is 0 Å². The molecule has 3 rings (SSSR count). The van der Waals surface area contributed by atoms with Gasteiger partial charge >= 0.3 is 0 Å². The van der Waals surface area contributed by atoms with Crippen LogP contribution in [-0.2, 0) is 4.79 Å². The van der Waals surface area contributed by atoms with Gasteiger partial charge in [0.1, 0.15) is 0 Å². The number of ketones is 1. The minimum absolute atomic E-state index is 0.0630. The van der Waals surface area contributed by atoms with E-state index < -0.39 is 0 Å². The van der Waals surface area contributed by atoms with E-state index in [1.807, 2.05) is 0 Å². The van der Waals surface area contributed by atoms with Crippen molar-refractivity contribution < 1.29 is 24.0 Å². The second kappa shape index (κ2) is 7.66. The average Bonchev–Trinajstić information content (AvgIpc) is 2.96. The third-order valence-electron chi connectivity index (χ3n) is 4.64. The number of rotatable bonds is 4. The number of fused-ring (bicyclic) bond motifs is 1. The zero-order chi connectivity index (χ0) is 16.9. The normalized spacial score (nSPS) is 17.9. The fourth-order valence-corrected chi connectivity index (χ4v) is 3.34. The lowest BCUT2D eigenvalue weighted by Gasteiger charge is -2.21. The summed E-state index contributed by atoms with van der Waals surface area (Å²) in [6, 6.07) is 3.32. The Morgan fingerprint density at radius 3 is 2.33 bits per heavy atom. The molecule has 2 aliphatic rings. The van der Waals surface area contributed by atoms with Crippen molar-refractivity contribution in [2.24, 2.45) is 0 Å². The van der Waals surface area contributed by atoms with E-state index in [9.17, 15) is 9.59 Å². The quantitative estimate of drug-likeness (QED) is 0.818. The van der Waals surface area contributed by atoms with E-state index in [-0.39, 0.29) is 18.5 Å². The fourth-order valence-electron chi connectivity index (χ4n) is 3.34. The van der Waals surface area contributed by atoms with Crippen LogP contribution in [0.4, 0.5) is 5.69 Å². The lowest BCUT2D eigenvalue weighted by atomic mass is 10.1. The Morgan fingerprint density at radius 2 is 1.67 bits per heavy atom. The Labute approximate surface area is 142 Å². The summed E-state index contributed by atoms with van der Waals surface area (Å²) in [5.74, 6) is 0.940. The molecule has 0 bridgehead atoms. The van der Waals surface area contributed by atoms with Gasteiger partial charge in [-0.1, -0.05) is 6.42 Å². The van der Waals surface area contributed by atoms with Crippen molar-refractivity contribution in [3.05, 3.63) is 17.7 Å². The number of nitrogens with one attached hydrogen (secondary N) is 2. The van der Waals surface area contributed by atoms with Crippen molar-refractivity contribution in [1.29, 1.82) is 0 Å². The first-order chi connectivity index (χ1) is 11.6. The van der Waals surface area contributed by atoms with Gasteiger partial charge in [0.2, 0.25) is 6.79 Å². The number of hydrogen-bond donors (Lipinski definition) is 2. The van der Waals surface area contributed by atoms with Gasteiger partial charge in [-0.15, -0.1) is 0 Å². The molecule has 1 amide bonds. The van der Waals surface area contributed by atoms with E-state index in [1.54, 1.807) is 12.1 Å². The molecular formula is C18H25N2O4+. The smallest absolute Gasteiger partial charge is 0.279 e. The number of quaternary nitrogens is 1. The van der Waals surface area contributed by atoms with Crippen LogP contribution in [0, 0.1) is 0 Å². The van der Waals surface area contributed by atoms with Gasteiger partial charge in [-0.25, -0.2) is 0 Å². The molecule has 24 heavy (non-hydrogen) atoms. The Hall–Kier alpha value is -2.08. The first kappa shape index (κ1) is 16.8. The summed E-state index contributed by atoms with van der Waals surface area (Å²) in [6.07, 6.45) is 6.15. The zero-order valence-electron chi connectivity index (χ0n) is 14.2. The maximum atomic E-state index is 12.4. The second-order valence-electron chi connectivity index (χ2n) is 6.55. The monoisotopic (exact) mass is 333 g/mol. The zero-order valence-corrected chi connectivity index (χ0v) is 14.2. The van der Waals surface area contributed by atoms with E-state index in [0.717, 1.165) is 13.1 Å². The van der Waals surface area contributed by atoms with E-state index in [4.69, 9.17) is 9.47 Å².